The number of morpholine rings is 1. The largest absolute Gasteiger partial charge is 0.497 e. The zero-order valence-corrected chi connectivity index (χ0v) is 15.2. The van der Waals surface area contributed by atoms with Gasteiger partial charge in [-0.1, -0.05) is 12.1 Å². The van der Waals surface area contributed by atoms with Gasteiger partial charge in [-0.25, -0.2) is 4.79 Å². The number of amides is 2. The van der Waals surface area contributed by atoms with Crippen LogP contribution in [0.15, 0.2) is 24.3 Å². The summed E-state index contributed by atoms with van der Waals surface area (Å²) in [6, 6.07) is 8.42. The van der Waals surface area contributed by atoms with Crippen LogP contribution in [0.1, 0.15) is 25.3 Å². The molecule has 2 N–H and O–H groups in total. The van der Waals surface area contributed by atoms with Gasteiger partial charge < -0.3 is 20.1 Å². The van der Waals surface area contributed by atoms with E-state index in [9.17, 15) is 4.79 Å². The van der Waals surface area contributed by atoms with Crippen molar-refractivity contribution in [2.24, 2.45) is 0 Å². The second-order valence-electron chi connectivity index (χ2n) is 7.06. The van der Waals surface area contributed by atoms with Gasteiger partial charge in [-0.3, -0.25) is 4.90 Å². The first kappa shape index (κ1) is 18.0. The number of hydrogen-bond donors (Lipinski definition) is 2. The average Bonchev–Trinajstić information content (AvgIpc) is 3.07. The van der Waals surface area contributed by atoms with E-state index in [1.807, 2.05) is 31.2 Å². The zero-order chi connectivity index (χ0) is 17.6. The molecule has 2 saturated heterocycles. The third-order valence-electron chi connectivity index (χ3n) is 5.01. The van der Waals surface area contributed by atoms with Gasteiger partial charge in [-0.2, -0.15) is 0 Å². The fourth-order valence-corrected chi connectivity index (χ4v) is 3.69. The van der Waals surface area contributed by atoms with E-state index >= 15 is 0 Å². The molecule has 0 aliphatic carbocycles. The number of carbonyl (C=O) groups is 1. The molecule has 1 aromatic rings. The Morgan fingerprint density at radius 1 is 1.48 bits per heavy atom. The molecule has 2 aliphatic heterocycles. The molecule has 138 valence electrons. The van der Waals surface area contributed by atoms with Crippen LogP contribution in [0.25, 0.3) is 0 Å². The second kappa shape index (κ2) is 8.54. The third kappa shape index (κ3) is 5.09. The Morgan fingerprint density at radius 2 is 2.36 bits per heavy atom. The molecule has 2 amide bonds. The fraction of sp³-hybridized carbons (Fsp3) is 0.632. The van der Waals surface area contributed by atoms with Crippen LogP contribution in [0, 0.1) is 0 Å². The molecule has 3 rings (SSSR count). The monoisotopic (exact) mass is 347 g/mol. The maximum absolute atomic E-state index is 12.1. The first-order chi connectivity index (χ1) is 12.1. The van der Waals surface area contributed by atoms with Gasteiger partial charge in [0.2, 0.25) is 0 Å². The Morgan fingerprint density at radius 3 is 3.20 bits per heavy atom. The van der Waals surface area contributed by atoms with Crippen molar-refractivity contribution in [3.8, 4) is 5.75 Å². The highest BCUT2D eigenvalue weighted by Gasteiger charge is 2.32. The summed E-state index contributed by atoms with van der Waals surface area (Å²) in [6.45, 7) is 5.44. The smallest absolute Gasteiger partial charge is 0.315 e. The van der Waals surface area contributed by atoms with Gasteiger partial charge in [0.1, 0.15) is 5.75 Å². The number of methoxy groups -OCH3 is 1. The SMILES string of the molecule is COc1cccc(CC(C)NC(=O)NCC2CN3CCCC3CO2)c1. The van der Waals surface area contributed by atoms with E-state index in [0.717, 1.165) is 37.4 Å². The van der Waals surface area contributed by atoms with Crippen molar-refractivity contribution >= 4 is 6.03 Å². The Bertz CT molecular complexity index is 581. The van der Waals surface area contributed by atoms with Crippen LogP contribution in [-0.4, -0.2) is 62.5 Å². The van der Waals surface area contributed by atoms with E-state index in [2.05, 4.69) is 15.5 Å². The fourth-order valence-electron chi connectivity index (χ4n) is 3.69. The van der Waals surface area contributed by atoms with E-state index < -0.39 is 0 Å². The standard InChI is InChI=1S/C19H29N3O3/c1-14(9-15-5-3-7-17(10-15)24-2)21-19(23)20-11-18-12-22-8-4-6-16(22)13-25-18/h3,5,7,10,14,16,18H,4,6,8-9,11-13H2,1-2H3,(H2,20,21,23). The van der Waals surface area contributed by atoms with Gasteiger partial charge in [0.15, 0.2) is 0 Å². The molecule has 0 saturated carbocycles. The highest BCUT2D eigenvalue weighted by atomic mass is 16.5. The third-order valence-corrected chi connectivity index (χ3v) is 5.01. The first-order valence-electron chi connectivity index (χ1n) is 9.17. The minimum atomic E-state index is -0.137. The summed E-state index contributed by atoms with van der Waals surface area (Å²) in [7, 11) is 1.66. The van der Waals surface area contributed by atoms with Crippen LogP contribution >= 0.6 is 0 Å². The highest BCUT2D eigenvalue weighted by molar-refractivity contribution is 5.74. The predicted molar refractivity (Wildman–Crippen MR) is 97.0 cm³/mol. The topological polar surface area (TPSA) is 62.8 Å². The van der Waals surface area contributed by atoms with Crippen LogP contribution in [-0.2, 0) is 11.2 Å². The molecule has 2 fully saturated rings. The summed E-state index contributed by atoms with van der Waals surface area (Å²) < 4.78 is 11.1. The summed E-state index contributed by atoms with van der Waals surface area (Å²) in [5, 5.41) is 5.94. The Labute approximate surface area is 149 Å². The van der Waals surface area contributed by atoms with Gasteiger partial charge in [-0.05, 0) is 50.4 Å². The van der Waals surface area contributed by atoms with Gasteiger partial charge in [0.25, 0.3) is 0 Å². The molecular formula is C19H29N3O3. The second-order valence-corrected chi connectivity index (χ2v) is 7.06. The predicted octanol–water partition coefficient (Wildman–Crippen LogP) is 1.79. The van der Waals surface area contributed by atoms with Crippen molar-refractivity contribution in [3.63, 3.8) is 0 Å². The molecule has 6 nitrogen and oxygen atoms in total. The van der Waals surface area contributed by atoms with Crippen molar-refractivity contribution in [1.29, 1.82) is 0 Å². The van der Waals surface area contributed by atoms with Gasteiger partial charge >= 0.3 is 6.03 Å². The maximum atomic E-state index is 12.1. The lowest BCUT2D eigenvalue weighted by atomic mass is 10.1. The molecule has 0 radical (unpaired) electrons. The number of nitrogens with one attached hydrogen (secondary N) is 2. The number of carbonyl (C=O) groups excluding carboxylic acids is 1. The summed E-state index contributed by atoms with van der Waals surface area (Å²) >= 11 is 0. The van der Waals surface area contributed by atoms with E-state index in [4.69, 9.17) is 9.47 Å². The Hall–Kier alpha value is -1.79. The molecule has 0 aromatic heterocycles. The number of nitrogens with zero attached hydrogens (tertiary/aromatic N) is 1. The van der Waals surface area contributed by atoms with Gasteiger partial charge in [0.05, 0.1) is 19.8 Å². The Kier molecular flexibility index (Phi) is 6.15. The molecule has 0 spiro atoms. The lowest BCUT2D eigenvalue weighted by molar-refractivity contribution is -0.0458. The summed E-state index contributed by atoms with van der Waals surface area (Å²) in [6.07, 6.45) is 3.35. The number of rotatable bonds is 6. The summed E-state index contributed by atoms with van der Waals surface area (Å²) in [4.78, 5) is 14.6. The first-order valence-corrected chi connectivity index (χ1v) is 9.17. The van der Waals surface area contributed by atoms with E-state index in [1.165, 1.54) is 12.8 Å². The van der Waals surface area contributed by atoms with Gasteiger partial charge in [0, 0.05) is 25.2 Å². The molecule has 25 heavy (non-hydrogen) atoms. The van der Waals surface area contributed by atoms with Crippen molar-refractivity contribution < 1.29 is 14.3 Å². The molecular weight excluding hydrogens is 318 g/mol. The lowest BCUT2D eigenvalue weighted by Crippen LogP contribution is -2.51. The quantitative estimate of drug-likeness (QED) is 0.824. The molecule has 2 heterocycles. The van der Waals surface area contributed by atoms with Crippen LogP contribution in [0.2, 0.25) is 0 Å². The number of ether oxygens (including phenoxy) is 2. The van der Waals surface area contributed by atoms with Crippen molar-refractivity contribution in [1.82, 2.24) is 15.5 Å². The minimum Gasteiger partial charge on any atom is -0.497 e. The van der Waals surface area contributed by atoms with Crippen molar-refractivity contribution in [2.75, 3.05) is 33.4 Å². The lowest BCUT2D eigenvalue weighted by Gasteiger charge is -2.35. The molecule has 3 atom stereocenters. The number of fused-ring (bicyclic) bond motifs is 1. The maximum Gasteiger partial charge on any atom is 0.315 e. The summed E-state index contributed by atoms with van der Waals surface area (Å²) in [5.74, 6) is 0.837. The van der Waals surface area contributed by atoms with Crippen LogP contribution in [0.3, 0.4) is 0 Å². The normalized spacial score (nSPS) is 24.4. The molecule has 2 aliphatic rings. The van der Waals surface area contributed by atoms with Crippen molar-refractivity contribution in [2.45, 2.75) is 44.4 Å². The van der Waals surface area contributed by atoms with E-state index in [1.54, 1.807) is 7.11 Å². The molecule has 0 bridgehead atoms. The van der Waals surface area contributed by atoms with E-state index in [-0.39, 0.29) is 18.2 Å². The number of hydrogen-bond acceptors (Lipinski definition) is 4. The highest BCUT2D eigenvalue weighted by Crippen LogP contribution is 2.22. The van der Waals surface area contributed by atoms with Crippen LogP contribution in [0.5, 0.6) is 5.75 Å². The molecule has 3 unspecified atom stereocenters. The van der Waals surface area contributed by atoms with Gasteiger partial charge in [-0.15, -0.1) is 0 Å². The summed E-state index contributed by atoms with van der Waals surface area (Å²) in [5.41, 5.74) is 1.14. The molecule has 6 heteroatoms. The van der Waals surface area contributed by atoms with Crippen molar-refractivity contribution in [3.05, 3.63) is 29.8 Å². The zero-order valence-electron chi connectivity index (χ0n) is 15.2. The van der Waals surface area contributed by atoms with Crippen LogP contribution < -0.4 is 15.4 Å². The molecule has 1 aromatic carbocycles. The number of urea groups is 1. The minimum absolute atomic E-state index is 0.0438. The average molecular weight is 347 g/mol. The van der Waals surface area contributed by atoms with Crippen LogP contribution in [0.4, 0.5) is 4.79 Å². The number of benzene rings is 1. The Balaban J connectivity index is 1.38. The van der Waals surface area contributed by atoms with E-state index in [0.29, 0.717) is 12.6 Å².